The van der Waals surface area contributed by atoms with Crippen LogP contribution >= 0.6 is 11.6 Å². The minimum absolute atomic E-state index is 0.214. The fourth-order valence-electron chi connectivity index (χ4n) is 4.92. The van der Waals surface area contributed by atoms with E-state index in [0.717, 1.165) is 35.1 Å². The molecule has 1 aliphatic heterocycles. The van der Waals surface area contributed by atoms with Crippen LogP contribution < -0.4 is 14.2 Å². The number of methoxy groups -OCH3 is 2. The highest BCUT2D eigenvalue weighted by Crippen LogP contribution is 2.44. The predicted molar refractivity (Wildman–Crippen MR) is 133 cm³/mol. The summed E-state index contributed by atoms with van der Waals surface area (Å²) in [6, 6.07) is 7.43. The molecule has 1 heterocycles. The first-order chi connectivity index (χ1) is 16.9. The van der Waals surface area contributed by atoms with Crippen LogP contribution in [-0.4, -0.2) is 50.2 Å². The third-order valence-electron chi connectivity index (χ3n) is 6.99. The summed E-state index contributed by atoms with van der Waals surface area (Å²) in [7, 11) is 3.19. The van der Waals surface area contributed by atoms with Gasteiger partial charge in [0.1, 0.15) is 17.2 Å². The van der Waals surface area contributed by atoms with Crippen molar-refractivity contribution in [3.8, 4) is 28.4 Å². The molecule has 1 saturated carbocycles. The first-order valence-electron chi connectivity index (χ1n) is 12.0. The van der Waals surface area contributed by atoms with Crippen LogP contribution in [0.15, 0.2) is 24.3 Å². The number of carboxylic acid groups (broad SMARTS) is 1. The van der Waals surface area contributed by atoms with E-state index in [2.05, 4.69) is 0 Å². The summed E-state index contributed by atoms with van der Waals surface area (Å²) in [6.07, 6.45) is 5.21. The normalized spacial score (nSPS) is 17.8. The monoisotopic (exact) mass is 504 g/mol. The lowest BCUT2D eigenvalue weighted by Crippen LogP contribution is -2.49. The highest BCUT2D eigenvalue weighted by Gasteiger charge is 2.43. The Hall–Kier alpha value is -2.48. The molecule has 2 aromatic carbocycles. The third-order valence-corrected chi connectivity index (χ3v) is 7.37. The number of ether oxygens (including phenoxy) is 5. The molecule has 8 heteroatoms. The number of benzene rings is 2. The molecule has 0 amide bonds. The predicted octanol–water partition coefficient (Wildman–Crippen LogP) is 5.80. The van der Waals surface area contributed by atoms with E-state index in [1.165, 1.54) is 12.8 Å². The topological polar surface area (TPSA) is 83.5 Å². The molecule has 35 heavy (non-hydrogen) atoms. The molecule has 7 nitrogen and oxygen atoms in total. The first-order valence-corrected chi connectivity index (χ1v) is 12.4. The molecule has 0 unspecified atom stereocenters. The maximum Gasteiger partial charge on any atom is 0.348 e. The zero-order valence-corrected chi connectivity index (χ0v) is 21.3. The summed E-state index contributed by atoms with van der Waals surface area (Å²) in [5.74, 6) is 0.710. The molecule has 0 aromatic heterocycles. The van der Waals surface area contributed by atoms with Gasteiger partial charge in [-0.2, -0.15) is 0 Å². The van der Waals surface area contributed by atoms with E-state index < -0.39 is 11.6 Å². The van der Waals surface area contributed by atoms with E-state index in [0.29, 0.717) is 42.1 Å². The second-order valence-corrected chi connectivity index (χ2v) is 9.53. The minimum Gasteiger partial charge on any atom is -0.496 e. The molecule has 0 bridgehead atoms. The van der Waals surface area contributed by atoms with Crippen molar-refractivity contribution in [2.45, 2.75) is 63.8 Å². The fraction of sp³-hybridized carbons (Fsp3) is 0.519. The molecule has 0 radical (unpaired) electrons. The second kappa shape index (κ2) is 11.1. The summed E-state index contributed by atoms with van der Waals surface area (Å²) in [4.78, 5) is 12.1. The average Bonchev–Trinajstić information content (AvgIpc) is 3.38. The molecule has 190 valence electrons. The van der Waals surface area contributed by atoms with Gasteiger partial charge in [-0.1, -0.05) is 30.5 Å². The lowest BCUT2D eigenvalue weighted by molar-refractivity contribution is -0.163. The van der Waals surface area contributed by atoms with Crippen LogP contribution in [0, 0.1) is 6.92 Å². The van der Waals surface area contributed by atoms with E-state index in [4.69, 9.17) is 35.3 Å². The van der Waals surface area contributed by atoms with Crippen molar-refractivity contribution < 1.29 is 33.6 Å². The van der Waals surface area contributed by atoms with Gasteiger partial charge in [-0.3, -0.25) is 0 Å². The molecule has 2 aromatic rings. The fourth-order valence-corrected chi connectivity index (χ4v) is 5.29. The Balaban J connectivity index is 1.75. The Morgan fingerprint density at radius 1 is 1.11 bits per heavy atom. The summed E-state index contributed by atoms with van der Waals surface area (Å²) < 4.78 is 28.9. The standard InChI is InChI=1S/C27H33ClO7/c1-17-23(31-2)15-22(24(28)25(17)32-3)21-9-8-20(14-18(21)16-34-19-6-4-5-7-19)35-27(26(29)30)10-12-33-13-11-27/h8-9,14-15,19H,4-7,10-13,16H2,1-3H3,(H,29,30). The summed E-state index contributed by atoms with van der Waals surface area (Å²) in [5, 5.41) is 10.4. The van der Waals surface area contributed by atoms with Crippen LogP contribution in [0.25, 0.3) is 11.1 Å². The van der Waals surface area contributed by atoms with Crippen molar-refractivity contribution in [2.24, 2.45) is 0 Å². The van der Waals surface area contributed by atoms with Crippen molar-refractivity contribution in [1.29, 1.82) is 0 Å². The largest absolute Gasteiger partial charge is 0.496 e. The van der Waals surface area contributed by atoms with Crippen LogP contribution in [0.1, 0.15) is 49.7 Å². The Labute approximate surface area is 211 Å². The van der Waals surface area contributed by atoms with E-state index in [1.54, 1.807) is 20.3 Å². The Morgan fingerprint density at radius 2 is 1.83 bits per heavy atom. The molecule has 2 fully saturated rings. The van der Waals surface area contributed by atoms with Crippen LogP contribution in [0.4, 0.5) is 0 Å². The van der Waals surface area contributed by atoms with Crippen LogP contribution in [0.5, 0.6) is 17.2 Å². The number of carbonyl (C=O) groups is 1. The molecule has 1 aliphatic carbocycles. The van der Waals surface area contributed by atoms with Gasteiger partial charge in [0.25, 0.3) is 0 Å². The van der Waals surface area contributed by atoms with E-state index in [9.17, 15) is 9.90 Å². The molecule has 0 spiro atoms. The van der Waals surface area contributed by atoms with Gasteiger partial charge in [-0.15, -0.1) is 0 Å². The van der Waals surface area contributed by atoms with Crippen LogP contribution in [0.3, 0.4) is 0 Å². The molecular formula is C27H33ClO7. The van der Waals surface area contributed by atoms with Crippen molar-refractivity contribution >= 4 is 17.6 Å². The highest BCUT2D eigenvalue weighted by atomic mass is 35.5. The van der Waals surface area contributed by atoms with Gasteiger partial charge in [0.15, 0.2) is 0 Å². The number of carboxylic acids is 1. The maximum absolute atomic E-state index is 12.1. The Kier molecular flexibility index (Phi) is 8.09. The van der Waals surface area contributed by atoms with Crippen molar-refractivity contribution in [1.82, 2.24) is 0 Å². The minimum atomic E-state index is -1.31. The molecule has 0 atom stereocenters. The van der Waals surface area contributed by atoms with E-state index >= 15 is 0 Å². The summed E-state index contributed by atoms with van der Waals surface area (Å²) >= 11 is 6.79. The summed E-state index contributed by atoms with van der Waals surface area (Å²) in [5.41, 5.74) is 1.97. The van der Waals surface area contributed by atoms with Gasteiger partial charge in [0.2, 0.25) is 5.60 Å². The highest BCUT2D eigenvalue weighted by molar-refractivity contribution is 6.35. The third kappa shape index (κ3) is 5.37. The van der Waals surface area contributed by atoms with E-state index in [-0.39, 0.29) is 18.9 Å². The SMILES string of the molecule is COc1cc(-c2ccc(OC3(C(=O)O)CCOCC3)cc2COC2CCCC2)c(Cl)c(OC)c1C. The maximum atomic E-state index is 12.1. The molecule has 1 saturated heterocycles. The first kappa shape index (κ1) is 25.6. The smallest absolute Gasteiger partial charge is 0.348 e. The van der Waals surface area contributed by atoms with Gasteiger partial charge in [0, 0.05) is 24.0 Å². The van der Waals surface area contributed by atoms with E-state index in [1.807, 2.05) is 25.1 Å². The van der Waals surface area contributed by atoms with Gasteiger partial charge >= 0.3 is 5.97 Å². The zero-order valence-electron chi connectivity index (χ0n) is 20.5. The van der Waals surface area contributed by atoms with Crippen molar-refractivity contribution in [2.75, 3.05) is 27.4 Å². The molecule has 4 rings (SSSR count). The number of aliphatic carboxylic acids is 1. The van der Waals surface area contributed by atoms with Crippen LogP contribution in [-0.2, 0) is 20.9 Å². The molecule has 1 N–H and O–H groups in total. The number of hydrogen-bond donors (Lipinski definition) is 1. The summed E-state index contributed by atoms with van der Waals surface area (Å²) in [6.45, 7) is 2.95. The Bertz CT molecular complexity index is 1060. The second-order valence-electron chi connectivity index (χ2n) is 9.15. The van der Waals surface area contributed by atoms with Gasteiger partial charge < -0.3 is 28.8 Å². The van der Waals surface area contributed by atoms with Crippen molar-refractivity contribution in [3.63, 3.8) is 0 Å². The quantitative estimate of drug-likeness (QED) is 0.461. The van der Waals surface area contributed by atoms with Crippen molar-refractivity contribution in [3.05, 3.63) is 40.4 Å². The number of rotatable bonds is 9. The van der Waals surface area contributed by atoms with Gasteiger partial charge in [-0.25, -0.2) is 4.79 Å². The molecule has 2 aliphatic rings. The lowest BCUT2D eigenvalue weighted by atomic mass is 9.93. The Morgan fingerprint density at radius 3 is 2.46 bits per heavy atom. The molecular weight excluding hydrogens is 472 g/mol. The van der Waals surface area contributed by atoms with Crippen LogP contribution in [0.2, 0.25) is 5.02 Å². The zero-order chi connectivity index (χ0) is 25.0. The number of hydrogen-bond acceptors (Lipinski definition) is 6. The van der Waals surface area contributed by atoms with Gasteiger partial charge in [-0.05, 0) is 49.1 Å². The number of halogens is 1. The lowest BCUT2D eigenvalue weighted by Gasteiger charge is -2.33. The van der Waals surface area contributed by atoms with Gasteiger partial charge in [0.05, 0.1) is 45.2 Å². The average molecular weight is 505 g/mol.